The number of carboxylic acid groups (broad SMARTS) is 1. The van der Waals surface area contributed by atoms with E-state index < -0.39 is 12.6 Å². The predicted molar refractivity (Wildman–Crippen MR) is 13.6 cm³/mol. The molecule has 0 aliphatic carbocycles. The van der Waals surface area contributed by atoms with E-state index >= 15 is 0 Å². The van der Waals surface area contributed by atoms with Gasteiger partial charge < -0.3 is 9.90 Å². The van der Waals surface area contributed by atoms with E-state index in [1.807, 2.05) is 0 Å². The van der Waals surface area contributed by atoms with Gasteiger partial charge in [0.25, 0.3) is 0 Å². The lowest BCUT2D eigenvalue weighted by Crippen LogP contribution is -2.26. The largest absolute Gasteiger partial charge is 0.547 e. The Balaban J connectivity index is 2.83. The van der Waals surface area contributed by atoms with Crippen molar-refractivity contribution in [1.82, 2.24) is 0 Å². The van der Waals surface area contributed by atoms with Gasteiger partial charge in [-0.3, -0.25) is 5.26 Å². The van der Waals surface area contributed by atoms with Crippen LogP contribution in [-0.2, 0) is 9.68 Å². The monoisotopic (exact) mass is 91.0 g/mol. The first kappa shape index (κ1) is 5.39. The maximum absolute atomic E-state index is 9.20. The van der Waals surface area contributed by atoms with Gasteiger partial charge in [-0.15, -0.1) is 0 Å². The molecule has 0 aromatic heterocycles. The number of rotatable bonds is 2. The number of carboxylic acids is 1. The molecule has 0 aliphatic rings. The van der Waals surface area contributed by atoms with Crippen molar-refractivity contribution in [2.45, 2.75) is 0 Å². The minimum Gasteiger partial charge on any atom is -0.547 e. The van der Waals surface area contributed by atoms with Gasteiger partial charge in [0.05, 0.1) is 5.97 Å². The maximum Gasteiger partial charge on any atom is 0.121 e. The van der Waals surface area contributed by atoms with Crippen LogP contribution in [0.3, 0.4) is 0 Å². The Bertz CT molecular complexity index is 49.5. The highest BCUT2D eigenvalue weighted by Gasteiger charge is 1.76. The lowest BCUT2D eigenvalue weighted by Gasteiger charge is -1.92. The maximum atomic E-state index is 9.20. The summed E-state index contributed by atoms with van der Waals surface area (Å²) in [6.07, 6.45) is 0. The normalized spacial score (nSPS) is 8.17. The van der Waals surface area contributed by atoms with Gasteiger partial charge in [0.1, 0.15) is 6.61 Å². The van der Waals surface area contributed by atoms with Crippen molar-refractivity contribution >= 4 is 5.97 Å². The Morgan fingerprint density at radius 2 is 2.50 bits per heavy atom. The molecule has 0 aliphatic heterocycles. The first-order chi connectivity index (χ1) is 2.77. The Kier molecular flexibility index (Phi) is 2.35. The number of carbonyl (C=O) groups is 1. The summed E-state index contributed by atoms with van der Waals surface area (Å²) in [6, 6.07) is 0. The third-order valence-corrected chi connectivity index (χ3v) is 0.182. The van der Waals surface area contributed by atoms with Crippen LogP contribution in [0.5, 0.6) is 0 Å². The van der Waals surface area contributed by atoms with E-state index in [2.05, 4.69) is 4.89 Å². The number of hydrogen-bond donors (Lipinski definition) is 1. The number of aliphatic carboxylic acids is 1. The SMILES string of the molecule is O=C([O-])COO. The van der Waals surface area contributed by atoms with Gasteiger partial charge in [0.2, 0.25) is 0 Å². The van der Waals surface area contributed by atoms with Crippen molar-refractivity contribution in [1.29, 1.82) is 0 Å². The van der Waals surface area contributed by atoms with E-state index in [0.29, 0.717) is 0 Å². The molecular weight excluding hydrogens is 88.0 g/mol. The van der Waals surface area contributed by atoms with Crippen molar-refractivity contribution in [2.75, 3.05) is 6.61 Å². The van der Waals surface area contributed by atoms with Crippen LogP contribution in [0, 0.1) is 0 Å². The fourth-order valence-electron chi connectivity index (χ4n) is 0.0527. The van der Waals surface area contributed by atoms with Crippen LogP contribution in [0.25, 0.3) is 0 Å². The predicted octanol–water partition coefficient (Wildman–Crippen LogP) is -1.77. The zero-order chi connectivity index (χ0) is 4.99. The Morgan fingerprint density at radius 1 is 2.00 bits per heavy atom. The topological polar surface area (TPSA) is 69.6 Å². The van der Waals surface area contributed by atoms with Gasteiger partial charge in [-0.2, -0.15) is 0 Å². The summed E-state index contributed by atoms with van der Waals surface area (Å²) in [7, 11) is 0. The molecule has 0 aromatic rings. The van der Waals surface area contributed by atoms with Gasteiger partial charge in [-0.25, -0.2) is 4.89 Å². The second-order valence-electron chi connectivity index (χ2n) is 0.645. The highest BCUT2D eigenvalue weighted by atomic mass is 17.1. The molecular formula is C2H3O4-. The summed E-state index contributed by atoms with van der Waals surface area (Å²) in [4.78, 5) is 12.3. The average molecular weight is 91.0 g/mol. The standard InChI is InChI=1S/C2H4O4/c3-2(4)1-6-5/h5H,1H2,(H,3,4)/p-1. The second kappa shape index (κ2) is 2.62. The minimum absolute atomic E-state index is 0.764. The van der Waals surface area contributed by atoms with Gasteiger partial charge >= 0.3 is 0 Å². The van der Waals surface area contributed by atoms with Crippen LogP contribution >= 0.6 is 0 Å². The quantitative estimate of drug-likeness (QED) is 0.322. The van der Waals surface area contributed by atoms with E-state index in [4.69, 9.17) is 5.26 Å². The van der Waals surface area contributed by atoms with E-state index in [1.54, 1.807) is 0 Å². The van der Waals surface area contributed by atoms with Crippen LogP contribution < -0.4 is 5.11 Å². The average Bonchev–Trinajstić information content (AvgIpc) is 1.35. The molecule has 0 amide bonds. The zero-order valence-electron chi connectivity index (χ0n) is 2.88. The van der Waals surface area contributed by atoms with Crippen molar-refractivity contribution in [2.24, 2.45) is 0 Å². The summed E-state index contributed by atoms with van der Waals surface area (Å²) in [5.41, 5.74) is 0. The molecule has 36 valence electrons. The molecule has 0 rings (SSSR count). The molecule has 0 radical (unpaired) electrons. The van der Waals surface area contributed by atoms with E-state index in [1.165, 1.54) is 0 Å². The number of hydrogen-bond acceptors (Lipinski definition) is 4. The third kappa shape index (κ3) is 3.39. The zero-order valence-corrected chi connectivity index (χ0v) is 2.88. The fraction of sp³-hybridized carbons (Fsp3) is 0.500. The molecule has 4 heteroatoms. The van der Waals surface area contributed by atoms with Crippen LogP contribution in [0.4, 0.5) is 0 Å². The van der Waals surface area contributed by atoms with E-state index in [0.717, 1.165) is 0 Å². The molecule has 0 unspecified atom stereocenters. The molecule has 0 spiro atoms. The van der Waals surface area contributed by atoms with Gasteiger partial charge in [-0.1, -0.05) is 0 Å². The van der Waals surface area contributed by atoms with Crippen molar-refractivity contribution < 1.29 is 20.0 Å². The van der Waals surface area contributed by atoms with Crippen LogP contribution in [0.1, 0.15) is 0 Å². The minimum atomic E-state index is -1.43. The first-order valence-electron chi connectivity index (χ1n) is 1.23. The fourth-order valence-corrected chi connectivity index (χ4v) is 0.0527. The molecule has 0 bridgehead atoms. The van der Waals surface area contributed by atoms with Crippen LogP contribution in [0.2, 0.25) is 0 Å². The van der Waals surface area contributed by atoms with E-state index in [-0.39, 0.29) is 0 Å². The summed E-state index contributed by atoms with van der Waals surface area (Å²) >= 11 is 0. The third-order valence-electron chi connectivity index (χ3n) is 0.182. The highest BCUT2D eigenvalue weighted by Crippen LogP contribution is 1.56. The summed E-state index contributed by atoms with van der Waals surface area (Å²) in [5.74, 6) is -1.43. The molecule has 0 saturated carbocycles. The molecule has 0 fully saturated rings. The second-order valence-corrected chi connectivity index (χ2v) is 0.645. The summed E-state index contributed by atoms with van der Waals surface area (Å²) in [6.45, 7) is -0.764. The summed E-state index contributed by atoms with van der Waals surface area (Å²) < 4.78 is 0. The lowest BCUT2D eigenvalue weighted by atomic mass is 10.8. The molecule has 1 N–H and O–H groups in total. The smallest absolute Gasteiger partial charge is 0.121 e. The van der Waals surface area contributed by atoms with Gasteiger partial charge in [0, 0.05) is 0 Å². The Labute approximate surface area is 33.9 Å². The first-order valence-corrected chi connectivity index (χ1v) is 1.23. The van der Waals surface area contributed by atoms with Crippen molar-refractivity contribution in [3.8, 4) is 0 Å². The number of carbonyl (C=O) groups excluding carboxylic acids is 1. The van der Waals surface area contributed by atoms with Crippen molar-refractivity contribution in [3.63, 3.8) is 0 Å². The van der Waals surface area contributed by atoms with Gasteiger partial charge in [-0.05, 0) is 0 Å². The molecule has 4 nitrogen and oxygen atoms in total. The van der Waals surface area contributed by atoms with Gasteiger partial charge in [0.15, 0.2) is 0 Å². The van der Waals surface area contributed by atoms with Crippen LogP contribution in [-0.4, -0.2) is 17.8 Å². The van der Waals surface area contributed by atoms with Crippen molar-refractivity contribution in [3.05, 3.63) is 0 Å². The lowest BCUT2D eigenvalue weighted by molar-refractivity contribution is -0.329. The summed E-state index contributed by atoms with van der Waals surface area (Å²) in [5, 5.41) is 16.5. The molecule has 6 heavy (non-hydrogen) atoms. The Hall–Kier alpha value is -0.610. The molecule has 0 heterocycles. The molecule has 0 saturated heterocycles. The molecule has 0 atom stereocenters. The van der Waals surface area contributed by atoms with E-state index in [9.17, 15) is 9.90 Å². The van der Waals surface area contributed by atoms with Crippen LogP contribution in [0.15, 0.2) is 0 Å². The highest BCUT2D eigenvalue weighted by molar-refractivity contribution is 5.65. The Morgan fingerprint density at radius 3 is 2.50 bits per heavy atom. The molecule has 0 aromatic carbocycles.